The van der Waals surface area contributed by atoms with Crippen LogP contribution < -0.4 is 0 Å². The monoisotopic (exact) mass is 390 g/mol. The Bertz CT molecular complexity index is 854. The largest absolute Gasteiger partial charge is 0.534 e. The van der Waals surface area contributed by atoms with Gasteiger partial charge in [-0.15, -0.1) is 0 Å². The molecule has 0 N–H and O–H groups in total. The highest BCUT2D eigenvalue weighted by Gasteiger charge is 2.49. The van der Waals surface area contributed by atoms with Crippen molar-refractivity contribution in [1.82, 2.24) is 0 Å². The maximum absolute atomic E-state index is 12.7. The number of hydrogen-bond acceptors (Lipinski definition) is 5. The molecule has 0 aromatic heterocycles. The van der Waals surface area contributed by atoms with E-state index in [0.717, 1.165) is 12.8 Å². The number of halogens is 3. The van der Waals surface area contributed by atoms with Crippen LogP contribution in [-0.2, 0) is 25.5 Å². The predicted molar refractivity (Wildman–Crippen MR) is 86.4 cm³/mol. The van der Waals surface area contributed by atoms with Gasteiger partial charge in [0.2, 0.25) is 0 Å². The number of alkyl halides is 3. The molecule has 0 heterocycles. The van der Waals surface area contributed by atoms with E-state index in [1.54, 1.807) is 0 Å². The molecule has 0 bridgehead atoms. The van der Waals surface area contributed by atoms with Crippen LogP contribution in [0.2, 0.25) is 0 Å². The number of allylic oxidation sites excluding steroid dienone is 1. The number of benzene rings is 1. The molecule has 3 rings (SSSR count). The second-order valence-corrected chi connectivity index (χ2v) is 7.96. The summed E-state index contributed by atoms with van der Waals surface area (Å²) >= 11 is 0. The van der Waals surface area contributed by atoms with Crippen LogP contribution in [0.25, 0.3) is 5.76 Å². The van der Waals surface area contributed by atoms with Crippen LogP contribution in [0.5, 0.6) is 0 Å². The third-order valence-corrected chi connectivity index (χ3v) is 5.58. The molecule has 0 aliphatic heterocycles. The zero-order chi connectivity index (χ0) is 19.1. The molecule has 9 heteroatoms. The SMILES string of the molecule is COC(=O)c1ccc2c(c1)CCC(C1CC1)C=C2OS(=O)(=O)C(F)(F)F. The molecule has 1 fully saturated rings. The molecule has 26 heavy (non-hydrogen) atoms. The van der Waals surface area contributed by atoms with E-state index in [0.29, 0.717) is 24.3 Å². The van der Waals surface area contributed by atoms with Gasteiger partial charge in [0.1, 0.15) is 5.76 Å². The Morgan fingerprint density at radius 3 is 2.46 bits per heavy atom. The number of methoxy groups -OCH3 is 1. The predicted octanol–water partition coefficient (Wildman–Crippen LogP) is 3.65. The molecule has 1 unspecified atom stereocenters. The lowest BCUT2D eigenvalue weighted by Gasteiger charge is -2.15. The van der Waals surface area contributed by atoms with Gasteiger partial charge in [0.15, 0.2) is 0 Å². The normalized spacial score (nSPS) is 20.6. The van der Waals surface area contributed by atoms with E-state index in [9.17, 15) is 26.4 Å². The first kappa shape index (κ1) is 18.8. The van der Waals surface area contributed by atoms with Crippen LogP contribution in [0, 0.1) is 11.8 Å². The summed E-state index contributed by atoms with van der Waals surface area (Å²) in [4.78, 5) is 11.7. The number of carbonyl (C=O) groups excluding carboxylic acids is 1. The lowest BCUT2D eigenvalue weighted by atomic mass is 9.96. The zero-order valence-electron chi connectivity index (χ0n) is 13.9. The molecular formula is C17H17F3O5S. The Morgan fingerprint density at radius 1 is 1.19 bits per heavy atom. The maximum Gasteiger partial charge on any atom is 0.534 e. The Hall–Kier alpha value is -2.03. The van der Waals surface area contributed by atoms with Crippen molar-refractivity contribution in [2.75, 3.05) is 7.11 Å². The van der Waals surface area contributed by atoms with Gasteiger partial charge in [-0.05, 0) is 61.3 Å². The average molecular weight is 390 g/mol. The van der Waals surface area contributed by atoms with Gasteiger partial charge in [0.05, 0.1) is 12.7 Å². The topological polar surface area (TPSA) is 69.7 Å². The van der Waals surface area contributed by atoms with E-state index in [4.69, 9.17) is 0 Å². The summed E-state index contributed by atoms with van der Waals surface area (Å²) in [5, 5.41) is 0. The average Bonchev–Trinajstić information content (AvgIpc) is 3.40. The van der Waals surface area contributed by atoms with Crippen molar-refractivity contribution in [3.8, 4) is 0 Å². The van der Waals surface area contributed by atoms with E-state index >= 15 is 0 Å². The van der Waals surface area contributed by atoms with E-state index in [1.807, 2.05) is 0 Å². The van der Waals surface area contributed by atoms with Crippen LogP contribution in [0.1, 0.15) is 40.7 Å². The van der Waals surface area contributed by atoms with Crippen LogP contribution in [0.3, 0.4) is 0 Å². The molecule has 1 atom stereocenters. The molecule has 5 nitrogen and oxygen atoms in total. The van der Waals surface area contributed by atoms with Crippen molar-refractivity contribution in [1.29, 1.82) is 0 Å². The lowest BCUT2D eigenvalue weighted by Crippen LogP contribution is -2.25. The fourth-order valence-corrected chi connectivity index (χ4v) is 3.59. The first-order valence-electron chi connectivity index (χ1n) is 8.06. The van der Waals surface area contributed by atoms with Crippen molar-refractivity contribution in [2.45, 2.75) is 31.2 Å². The van der Waals surface area contributed by atoms with Crippen LogP contribution >= 0.6 is 0 Å². The second-order valence-electron chi connectivity index (χ2n) is 6.42. The lowest BCUT2D eigenvalue weighted by molar-refractivity contribution is -0.0509. The van der Waals surface area contributed by atoms with E-state index in [-0.39, 0.29) is 22.8 Å². The Kier molecular flexibility index (Phi) is 4.76. The van der Waals surface area contributed by atoms with Crippen molar-refractivity contribution in [3.05, 3.63) is 41.0 Å². The number of rotatable bonds is 4. The third kappa shape index (κ3) is 3.72. The smallest absolute Gasteiger partial charge is 0.465 e. The minimum atomic E-state index is -5.78. The number of ether oxygens (including phenoxy) is 1. The first-order valence-corrected chi connectivity index (χ1v) is 9.47. The molecular weight excluding hydrogens is 373 g/mol. The fraction of sp³-hybridized carbons (Fsp3) is 0.471. The molecule has 0 saturated heterocycles. The Labute approximate surface area is 148 Å². The summed E-state index contributed by atoms with van der Waals surface area (Å²) < 4.78 is 70.4. The number of aryl methyl sites for hydroxylation is 1. The summed E-state index contributed by atoms with van der Waals surface area (Å²) in [6.07, 6.45) is 4.51. The molecule has 0 amide bonds. The molecule has 0 radical (unpaired) electrons. The van der Waals surface area contributed by atoms with Gasteiger partial charge in [-0.25, -0.2) is 4.79 Å². The van der Waals surface area contributed by atoms with Crippen LogP contribution in [0.15, 0.2) is 24.3 Å². The van der Waals surface area contributed by atoms with E-state index in [2.05, 4.69) is 8.92 Å². The first-order chi connectivity index (χ1) is 12.1. The standard InChI is InChI=1S/C17H17F3O5S/c1-24-16(21)13-6-7-14-12(8-13)5-4-11(10-2-3-10)9-15(14)25-26(22,23)17(18,19)20/h6-11H,2-5H2,1H3. The number of esters is 1. The molecule has 1 saturated carbocycles. The summed E-state index contributed by atoms with van der Waals surface area (Å²) in [5.74, 6) is -0.660. The van der Waals surface area contributed by atoms with Crippen LogP contribution in [-0.4, -0.2) is 27.0 Å². The van der Waals surface area contributed by atoms with Gasteiger partial charge in [-0.3, -0.25) is 0 Å². The van der Waals surface area contributed by atoms with Gasteiger partial charge in [-0.1, -0.05) is 6.07 Å². The molecule has 0 spiro atoms. The highest BCUT2D eigenvalue weighted by molar-refractivity contribution is 7.87. The van der Waals surface area contributed by atoms with Crippen molar-refractivity contribution < 1.29 is 35.3 Å². The second kappa shape index (κ2) is 6.61. The van der Waals surface area contributed by atoms with Gasteiger partial charge in [0, 0.05) is 5.56 Å². The summed E-state index contributed by atoms with van der Waals surface area (Å²) in [5.41, 5.74) is -4.47. The van der Waals surface area contributed by atoms with Gasteiger partial charge < -0.3 is 8.92 Å². The number of fused-ring (bicyclic) bond motifs is 1. The fourth-order valence-electron chi connectivity index (χ4n) is 3.11. The summed E-state index contributed by atoms with van der Waals surface area (Å²) in [6, 6.07) is 4.28. The molecule has 142 valence electrons. The van der Waals surface area contributed by atoms with Crippen molar-refractivity contribution in [2.24, 2.45) is 11.8 Å². The Balaban J connectivity index is 2.03. The molecule has 2 aliphatic rings. The molecule has 1 aromatic rings. The Morgan fingerprint density at radius 2 is 1.88 bits per heavy atom. The summed E-state index contributed by atoms with van der Waals surface area (Å²) in [6.45, 7) is 0. The quantitative estimate of drug-likeness (QED) is 0.446. The van der Waals surface area contributed by atoms with Crippen molar-refractivity contribution >= 4 is 21.8 Å². The minimum Gasteiger partial charge on any atom is -0.465 e. The van der Waals surface area contributed by atoms with Crippen LogP contribution in [0.4, 0.5) is 13.2 Å². The maximum atomic E-state index is 12.7. The highest BCUT2D eigenvalue weighted by Crippen LogP contribution is 2.44. The highest BCUT2D eigenvalue weighted by atomic mass is 32.2. The summed E-state index contributed by atoms with van der Waals surface area (Å²) in [7, 11) is -4.55. The van der Waals surface area contributed by atoms with E-state index in [1.165, 1.54) is 31.4 Å². The minimum absolute atomic E-state index is 0.0672. The van der Waals surface area contributed by atoms with Gasteiger partial charge >= 0.3 is 21.6 Å². The number of hydrogen-bond donors (Lipinski definition) is 0. The van der Waals surface area contributed by atoms with Gasteiger partial charge in [0.25, 0.3) is 0 Å². The number of carbonyl (C=O) groups is 1. The van der Waals surface area contributed by atoms with Gasteiger partial charge in [-0.2, -0.15) is 21.6 Å². The molecule has 1 aromatic carbocycles. The van der Waals surface area contributed by atoms with Crippen molar-refractivity contribution in [3.63, 3.8) is 0 Å². The van der Waals surface area contributed by atoms with E-state index < -0.39 is 21.6 Å². The zero-order valence-corrected chi connectivity index (χ0v) is 14.7. The molecule has 2 aliphatic carbocycles. The third-order valence-electron chi connectivity index (χ3n) is 4.61.